The number of methoxy groups -OCH3 is 1. The van der Waals surface area contributed by atoms with Crippen LogP contribution in [0.2, 0.25) is 0 Å². The summed E-state index contributed by atoms with van der Waals surface area (Å²) in [5, 5.41) is 3.59. The Hall–Kier alpha value is -0.120. The van der Waals surface area contributed by atoms with Crippen LogP contribution in [0.4, 0.5) is 0 Å². The van der Waals surface area contributed by atoms with Crippen molar-refractivity contribution in [1.29, 1.82) is 0 Å². The second-order valence-corrected chi connectivity index (χ2v) is 6.58. The summed E-state index contributed by atoms with van der Waals surface area (Å²) in [6.45, 7) is 6.19. The molecule has 1 N–H and O–H groups in total. The van der Waals surface area contributed by atoms with Gasteiger partial charge in [-0.15, -0.1) is 0 Å². The van der Waals surface area contributed by atoms with E-state index in [0.29, 0.717) is 0 Å². The van der Waals surface area contributed by atoms with Crippen molar-refractivity contribution in [3.8, 4) is 0 Å². The fraction of sp³-hybridized carbons (Fsp3) is 1.00. The van der Waals surface area contributed by atoms with Gasteiger partial charge in [0.25, 0.3) is 0 Å². The summed E-state index contributed by atoms with van der Waals surface area (Å²) >= 11 is 0. The van der Waals surface area contributed by atoms with Crippen molar-refractivity contribution in [1.82, 2.24) is 5.32 Å². The van der Waals surface area contributed by atoms with E-state index < -0.39 is 0 Å². The van der Waals surface area contributed by atoms with Crippen molar-refractivity contribution in [2.24, 2.45) is 0 Å². The lowest BCUT2D eigenvalue weighted by Crippen LogP contribution is -2.43. The Bertz CT molecular complexity index is 257. The van der Waals surface area contributed by atoms with Gasteiger partial charge in [-0.2, -0.15) is 0 Å². The van der Waals surface area contributed by atoms with Gasteiger partial charge < -0.3 is 14.8 Å². The fourth-order valence-electron chi connectivity index (χ4n) is 2.44. The van der Waals surface area contributed by atoms with Crippen molar-refractivity contribution in [2.75, 3.05) is 20.3 Å². The Kier molecular flexibility index (Phi) is 4.68. The van der Waals surface area contributed by atoms with Crippen LogP contribution in [0.1, 0.15) is 58.8 Å². The molecule has 2 aliphatic rings. The highest BCUT2D eigenvalue weighted by Crippen LogP contribution is 2.39. The Balaban J connectivity index is 1.63. The van der Waals surface area contributed by atoms with E-state index in [1.54, 1.807) is 7.11 Å². The van der Waals surface area contributed by atoms with E-state index in [1.165, 1.54) is 38.5 Å². The summed E-state index contributed by atoms with van der Waals surface area (Å²) in [5.74, 6) is 0. The Morgan fingerprint density at radius 1 is 1.28 bits per heavy atom. The van der Waals surface area contributed by atoms with E-state index >= 15 is 0 Å². The quantitative estimate of drug-likeness (QED) is 0.687. The Labute approximate surface area is 112 Å². The van der Waals surface area contributed by atoms with E-state index in [9.17, 15) is 0 Å². The SMILES string of the molecule is COC(C)(C)CCOC1(CCNC2CC2)CCC1. The molecule has 0 atom stereocenters. The summed E-state index contributed by atoms with van der Waals surface area (Å²) in [6, 6.07) is 0.814. The van der Waals surface area contributed by atoms with Gasteiger partial charge in [0.1, 0.15) is 0 Å². The van der Waals surface area contributed by atoms with Gasteiger partial charge in [0, 0.05) is 13.2 Å². The highest BCUT2D eigenvalue weighted by molar-refractivity contribution is 4.92. The van der Waals surface area contributed by atoms with Crippen LogP contribution in [-0.4, -0.2) is 37.5 Å². The van der Waals surface area contributed by atoms with Crippen LogP contribution in [0.5, 0.6) is 0 Å². The van der Waals surface area contributed by atoms with E-state index in [2.05, 4.69) is 19.2 Å². The summed E-state index contributed by atoms with van der Waals surface area (Å²) < 4.78 is 11.6. The topological polar surface area (TPSA) is 30.5 Å². The molecule has 0 aliphatic heterocycles. The number of ether oxygens (including phenoxy) is 2. The predicted octanol–water partition coefficient (Wildman–Crippen LogP) is 2.88. The lowest BCUT2D eigenvalue weighted by atomic mass is 9.77. The van der Waals surface area contributed by atoms with Crippen molar-refractivity contribution >= 4 is 0 Å². The number of rotatable bonds is 9. The first kappa shape index (κ1) is 14.3. The molecule has 3 nitrogen and oxygen atoms in total. The first-order valence-corrected chi connectivity index (χ1v) is 7.48. The van der Waals surface area contributed by atoms with E-state index in [-0.39, 0.29) is 11.2 Å². The Morgan fingerprint density at radius 2 is 2.00 bits per heavy atom. The molecule has 2 aliphatic carbocycles. The zero-order chi connectivity index (χ0) is 13.1. The number of nitrogens with one attached hydrogen (secondary N) is 1. The van der Waals surface area contributed by atoms with Gasteiger partial charge in [0.2, 0.25) is 0 Å². The average Bonchev–Trinajstić information content (AvgIpc) is 3.08. The molecule has 0 unspecified atom stereocenters. The fourth-order valence-corrected chi connectivity index (χ4v) is 2.44. The van der Waals surface area contributed by atoms with E-state index in [0.717, 1.165) is 25.6 Å². The van der Waals surface area contributed by atoms with Crippen molar-refractivity contribution < 1.29 is 9.47 Å². The minimum atomic E-state index is -0.0583. The Morgan fingerprint density at radius 3 is 2.50 bits per heavy atom. The van der Waals surface area contributed by atoms with E-state index in [4.69, 9.17) is 9.47 Å². The molecule has 3 heteroatoms. The first-order chi connectivity index (χ1) is 8.55. The highest BCUT2D eigenvalue weighted by atomic mass is 16.5. The lowest BCUT2D eigenvalue weighted by Gasteiger charge is -2.42. The van der Waals surface area contributed by atoms with Crippen LogP contribution in [0.3, 0.4) is 0 Å². The highest BCUT2D eigenvalue weighted by Gasteiger charge is 2.38. The monoisotopic (exact) mass is 255 g/mol. The first-order valence-electron chi connectivity index (χ1n) is 7.48. The van der Waals surface area contributed by atoms with Gasteiger partial charge in [-0.05, 0) is 65.3 Å². The molecule has 0 aromatic rings. The molecule has 0 bridgehead atoms. The van der Waals surface area contributed by atoms with Gasteiger partial charge in [-0.25, -0.2) is 0 Å². The molecule has 0 aromatic carbocycles. The molecule has 0 aromatic heterocycles. The number of hydrogen-bond acceptors (Lipinski definition) is 3. The van der Waals surface area contributed by atoms with Crippen molar-refractivity contribution in [2.45, 2.75) is 76.0 Å². The van der Waals surface area contributed by atoms with Gasteiger partial charge in [0.05, 0.1) is 17.8 Å². The minimum Gasteiger partial charge on any atom is -0.379 e. The molecule has 0 amide bonds. The third-order valence-corrected chi connectivity index (χ3v) is 4.52. The molecule has 0 saturated heterocycles. The molecule has 2 fully saturated rings. The lowest BCUT2D eigenvalue weighted by molar-refractivity contribution is -0.119. The molecule has 106 valence electrons. The maximum absolute atomic E-state index is 6.19. The molecule has 0 heterocycles. The second-order valence-electron chi connectivity index (χ2n) is 6.58. The third-order valence-electron chi connectivity index (χ3n) is 4.52. The second kappa shape index (κ2) is 5.89. The van der Waals surface area contributed by atoms with Crippen LogP contribution in [0.15, 0.2) is 0 Å². The standard InChI is InChI=1S/C15H29NO2/c1-14(2,17-3)10-12-18-15(7-4-8-15)9-11-16-13-5-6-13/h13,16H,4-12H2,1-3H3. The molecule has 0 radical (unpaired) electrons. The molecule has 18 heavy (non-hydrogen) atoms. The van der Waals surface area contributed by atoms with Gasteiger partial charge in [-0.1, -0.05) is 0 Å². The van der Waals surface area contributed by atoms with Crippen LogP contribution < -0.4 is 5.32 Å². The summed E-state index contributed by atoms with van der Waals surface area (Å²) in [5.41, 5.74) is 0.128. The molecule has 2 saturated carbocycles. The smallest absolute Gasteiger partial charge is 0.0694 e. The summed E-state index contributed by atoms with van der Waals surface area (Å²) in [6.07, 6.45) is 8.71. The van der Waals surface area contributed by atoms with Crippen molar-refractivity contribution in [3.63, 3.8) is 0 Å². The largest absolute Gasteiger partial charge is 0.379 e. The maximum Gasteiger partial charge on any atom is 0.0694 e. The van der Waals surface area contributed by atoms with Crippen LogP contribution in [0.25, 0.3) is 0 Å². The summed E-state index contributed by atoms with van der Waals surface area (Å²) in [4.78, 5) is 0. The predicted molar refractivity (Wildman–Crippen MR) is 73.9 cm³/mol. The van der Waals surface area contributed by atoms with Gasteiger partial charge in [-0.3, -0.25) is 0 Å². The minimum absolute atomic E-state index is 0.0583. The van der Waals surface area contributed by atoms with Gasteiger partial charge in [0.15, 0.2) is 0 Å². The summed E-state index contributed by atoms with van der Waals surface area (Å²) in [7, 11) is 1.78. The zero-order valence-electron chi connectivity index (χ0n) is 12.3. The normalized spacial score (nSPS) is 22.8. The average molecular weight is 255 g/mol. The third kappa shape index (κ3) is 4.22. The maximum atomic E-state index is 6.19. The molecule has 0 spiro atoms. The van der Waals surface area contributed by atoms with Crippen LogP contribution in [-0.2, 0) is 9.47 Å². The molecule has 2 rings (SSSR count). The number of hydrogen-bond donors (Lipinski definition) is 1. The van der Waals surface area contributed by atoms with Gasteiger partial charge >= 0.3 is 0 Å². The van der Waals surface area contributed by atoms with Crippen LogP contribution >= 0.6 is 0 Å². The zero-order valence-corrected chi connectivity index (χ0v) is 12.3. The van der Waals surface area contributed by atoms with Crippen LogP contribution in [0, 0.1) is 0 Å². The molecular weight excluding hydrogens is 226 g/mol. The van der Waals surface area contributed by atoms with E-state index in [1.807, 2.05) is 0 Å². The van der Waals surface area contributed by atoms with Crippen molar-refractivity contribution in [3.05, 3.63) is 0 Å². The molecular formula is C15H29NO2.